The molecule has 8 rings (SSSR count). The molecule has 214 valence electrons. The van der Waals surface area contributed by atoms with Crippen LogP contribution in [0.25, 0.3) is 11.5 Å². The van der Waals surface area contributed by atoms with Gasteiger partial charge in [0.15, 0.2) is 23.1 Å². The zero-order chi connectivity index (χ0) is 29.9. The monoisotopic (exact) mass is 574 g/mol. The first-order valence-electron chi connectivity index (χ1n) is 13.2. The molecule has 6 aliphatic carbocycles. The Balaban J connectivity index is 1.52. The Labute approximate surface area is 235 Å². The molecule has 2 spiro atoms. The van der Waals surface area contributed by atoms with Gasteiger partial charge in [-0.1, -0.05) is 0 Å². The van der Waals surface area contributed by atoms with Crippen LogP contribution in [0.4, 0.5) is 0 Å². The van der Waals surface area contributed by atoms with Gasteiger partial charge in [0.1, 0.15) is 34.5 Å². The minimum absolute atomic E-state index is 0.0209. The largest absolute Gasteiger partial charge is 0.507 e. The molecule has 8 atom stereocenters. The van der Waals surface area contributed by atoms with Gasteiger partial charge in [-0.25, -0.2) is 0 Å². The normalized spacial score (nSPS) is 36.7. The number of hydrogen-bond acceptors (Lipinski definition) is 12. The number of aromatic hydroxyl groups is 2. The van der Waals surface area contributed by atoms with E-state index < -0.39 is 104 Å². The second-order valence-corrected chi connectivity index (χ2v) is 11.7. The van der Waals surface area contributed by atoms with E-state index in [0.717, 1.165) is 12.1 Å². The number of carbonyl (C=O) groups is 4. The molecule has 6 aliphatic rings. The van der Waals surface area contributed by atoms with E-state index in [9.17, 15) is 49.8 Å². The molecular weight excluding hydrogens is 552 g/mol. The summed E-state index contributed by atoms with van der Waals surface area (Å²) < 4.78 is 10.3. The Morgan fingerprint density at radius 1 is 0.619 bits per heavy atom. The predicted molar refractivity (Wildman–Crippen MR) is 138 cm³/mol. The third-order valence-electron chi connectivity index (χ3n) is 10.6. The van der Waals surface area contributed by atoms with Gasteiger partial charge in [0, 0.05) is 35.1 Å². The van der Waals surface area contributed by atoms with E-state index in [1.165, 1.54) is 26.4 Å². The molecule has 4 fully saturated rings. The van der Waals surface area contributed by atoms with Gasteiger partial charge in [-0.05, 0) is 12.1 Å². The van der Waals surface area contributed by atoms with E-state index in [0.29, 0.717) is 0 Å². The van der Waals surface area contributed by atoms with E-state index in [4.69, 9.17) is 9.47 Å². The number of allylic oxidation sites excluding steroid dienone is 2. The lowest BCUT2D eigenvalue weighted by Gasteiger charge is -2.53. The van der Waals surface area contributed by atoms with Crippen LogP contribution in [0.15, 0.2) is 35.4 Å². The first-order valence-corrected chi connectivity index (χ1v) is 13.2. The van der Waals surface area contributed by atoms with E-state index >= 15 is 0 Å². The number of phenols is 2. The van der Waals surface area contributed by atoms with Gasteiger partial charge in [-0.3, -0.25) is 19.2 Å². The molecule has 2 aromatic carbocycles. The van der Waals surface area contributed by atoms with Crippen LogP contribution in [0, 0.1) is 34.5 Å². The van der Waals surface area contributed by atoms with Crippen LogP contribution in [0.3, 0.4) is 0 Å². The maximum Gasteiger partial charge on any atom is 0.175 e. The lowest BCUT2D eigenvalue weighted by atomic mass is 9.46. The quantitative estimate of drug-likeness (QED) is 0.298. The smallest absolute Gasteiger partial charge is 0.175 e. The van der Waals surface area contributed by atoms with E-state index in [-0.39, 0.29) is 33.8 Å². The van der Waals surface area contributed by atoms with E-state index in [1.807, 2.05) is 0 Å². The Kier molecular flexibility index (Phi) is 4.30. The molecule has 0 radical (unpaired) electrons. The number of methoxy groups -OCH3 is 2. The second kappa shape index (κ2) is 7.20. The van der Waals surface area contributed by atoms with Gasteiger partial charge in [0.05, 0.1) is 71.4 Å². The molecule has 4 bridgehead atoms. The molecule has 2 aromatic rings. The van der Waals surface area contributed by atoms with Gasteiger partial charge in [-0.2, -0.15) is 0 Å². The fraction of sp³-hybridized carbons (Fsp3) is 0.333. The summed E-state index contributed by atoms with van der Waals surface area (Å²) in [4.78, 5) is 58.2. The predicted octanol–water partition coefficient (Wildman–Crippen LogP) is 1.10. The van der Waals surface area contributed by atoms with E-state index in [1.54, 1.807) is 0 Å². The lowest BCUT2D eigenvalue weighted by Crippen LogP contribution is -2.65. The van der Waals surface area contributed by atoms with Crippen molar-refractivity contribution in [2.24, 2.45) is 34.5 Å². The summed E-state index contributed by atoms with van der Waals surface area (Å²) in [6.07, 6.45) is -3.49. The molecule has 0 amide bonds. The average Bonchev–Trinajstić information content (AvgIpc) is 3.31. The molecule has 0 aromatic heterocycles. The highest BCUT2D eigenvalue weighted by Gasteiger charge is 2.89. The summed E-state index contributed by atoms with van der Waals surface area (Å²) >= 11 is 0. The highest BCUT2D eigenvalue weighted by atomic mass is 16.5. The second-order valence-electron chi connectivity index (χ2n) is 11.7. The summed E-state index contributed by atoms with van der Waals surface area (Å²) in [5.41, 5.74) is -7.16. The van der Waals surface area contributed by atoms with Crippen molar-refractivity contribution in [1.82, 2.24) is 0 Å². The Hall–Kier alpha value is -4.68. The van der Waals surface area contributed by atoms with Gasteiger partial charge < -0.3 is 40.1 Å². The van der Waals surface area contributed by atoms with Crippen LogP contribution in [0.5, 0.6) is 23.0 Å². The minimum Gasteiger partial charge on any atom is -0.507 e. The number of rotatable bonds is 2. The molecule has 0 unspecified atom stereocenters. The third kappa shape index (κ3) is 2.14. The Bertz CT molecular complexity index is 1720. The maximum absolute atomic E-state index is 14.6. The third-order valence-corrected chi connectivity index (χ3v) is 10.6. The fourth-order valence-corrected chi connectivity index (χ4v) is 9.41. The summed E-state index contributed by atoms with van der Waals surface area (Å²) in [6.45, 7) is 0. The van der Waals surface area contributed by atoms with Crippen molar-refractivity contribution in [3.05, 3.63) is 57.7 Å². The molecule has 12 nitrogen and oxygen atoms in total. The van der Waals surface area contributed by atoms with Crippen LogP contribution in [-0.4, -0.2) is 80.2 Å². The van der Waals surface area contributed by atoms with Crippen LogP contribution in [0.1, 0.15) is 31.8 Å². The van der Waals surface area contributed by atoms with Gasteiger partial charge in [-0.15, -0.1) is 0 Å². The van der Waals surface area contributed by atoms with Crippen molar-refractivity contribution < 1.29 is 59.3 Å². The highest BCUT2D eigenvalue weighted by Crippen LogP contribution is 2.80. The molecule has 0 heterocycles. The number of phenolic OH excluding ortho intramolecular Hbond substituents is 2. The van der Waals surface area contributed by atoms with Crippen LogP contribution in [0.2, 0.25) is 0 Å². The molecule has 42 heavy (non-hydrogen) atoms. The summed E-state index contributed by atoms with van der Waals surface area (Å²) in [5.74, 6) is -13.1. The summed E-state index contributed by atoms with van der Waals surface area (Å²) in [7, 11) is 2.55. The first kappa shape index (κ1) is 25.1. The van der Waals surface area contributed by atoms with Crippen molar-refractivity contribution in [3.63, 3.8) is 0 Å². The zero-order valence-corrected chi connectivity index (χ0v) is 21.9. The van der Waals surface area contributed by atoms with Crippen molar-refractivity contribution in [1.29, 1.82) is 0 Å². The number of aliphatic hydroxyl groups is 4. The number of ether oxygens (including phenoxy) is 2. The molecule has 0 aliphatic heterocycles. The van der Waals surface area contributed by atoms with Crippen LogP contribution >= 0.6 is 0 Å². The maximum atomic E-state index is 14.6. The van der Waals surface area contributed by atoms with Gasteiger partial charge >= 0.3 is 0 Å². The Morgan fingerprint density at radius 2 is 0.976 bits per heavy atom. The average molecular weight is 574 g/mol. The van der Waals surface area contributed by atoms with Crippen molar-refractivity contribution >= 4 is 34.7 Å². The van der Waals surface area contributed by atoms with Crippen molar-refractivity contribution in [3.8, 4) is 23.0 Å². The topological polar surface area (TPSA) is 208 Å². The number of carbonyl (C=O) groups excluding carboxylic acids is 4. The number of Topliss-reactive ketones (excluding diaryl/α,β-unsaturated/α-hetero) is 4. The minimum atomic E-state index is -2.33. The number of benzene rings is 2. The number of hydrogen-bond donors (Lipinski definition) is 6. The van der Waals surface area contributed by atoms with Gasteiger partial charge in [0.25, 0.3) is 0 Å². The molecular formula is C30H22O12. The molecule has 6 N–H and O–H groups in total. The molecule has 4 saturated carbocycles. The molecule has 12 heteroatoms. The van der Waals surface area contributed by atoms with Crippen LogP contribution in [-0.2, 0) is 9.59 Å². The Morgan fingerprint density at radius 3 is 1.31 bits per heavy atom. The van der Waals surface area contributed by atoms with Gasteiger partial charge in [0.2, 0.25) is 0 Å². The summed E-state index contributed by atoms with van der Waals surface area (Å²) in [6, 6.07) is 4.67. The first-order chi connectivity index (χ1) is 19.9. The summed E-state index contributed by atoms with van der Waals surface area (Å²) in [5, 5.41) is 68.2. The van der Waals surface area contributed by atoms with Crippen molar-refractivity contribution in [2.75, 3.05) is 14.2 Å². The number of ketones is 4. The number of fused-ring (bicyclic) bond motifs is 4. The standard InChI is InChI=1S/C30H22O12/c1-41-7-3-9-13(11(31)5-7)21(33)17-25(37)20-23(35)15-16-24(36)19(29(15,17)27(9)39)26(38)18-22(34)14-10(28(40)30(16,18)20)4-8(42-2)6-12(14)32/h3-6,15-16,19-20,23-24,31-36H,1-2H3/t15-,16-,19+,20+,23+,24+,29+,30+/m0/s1. The molecule has 0 saturated heterocycles. The lowest BCUT2D eigenvalue weighted by molar-refractivity contribution is -0.142. The van der Waals surface area contributed by atoms with Crippen molar-refractivity contribution in [2.45, 2.75) is 12.2 Å². The fourth-order valence-electron chi connectivity index (χ4n) is 9.41. The van der Waals surface area contributed by atoms with Crippen LogP contribution < -0.4 is 9.47 Å². The zero-order valence-electron chi connectivity index (χ0n) is 21.9. The van der Waals surface area contributed by atoms with E-state index in [2.05, 4.69) is 0 Å². The SMILES string of the molecule is COc1cc(O)c2c(c1)C(=O)[C@@]13C(=C2O)C(=O)[C@H]2[C@H](O)[C@@H]1[C@H]1[C@@H](O)[C@@H]3C(=O)C3=C(O)c4c(O)cc(OC)cc4C(=O)[C@@]312. The highest BCUT2D eigenvalue weighted by molar-refractivity contribution is 6.30. The number of aliphatic hydroxyl groups excluding tert-OH is 4.